The summed E-state index contributed by atoms with van der Waals surface area (Å²) in [5.41, 5.74) is 0.629. The van der Waals surface area contributed by atoms with E-state index in [1.165, 1.54) is 0 Å². The molecule has 0 spiro atoms. The molecule has 0 saturated carbocycles. The fourth-order valence-corrected chi connectivity index (χ4v) is 3.34. The van der Waals surface area contributed by atoms with Gasteiger partial charge in [0.25, 0.3) is 5.91 Å². The molecule has 1 heterocycles. The maximum absolute atomic E-state index is 13.0. The molecular weight excluding hydrogens is 316 g/mol. The van der Waals surface area contributed by atoms with Crippen LogP contribution in [0.1, 0.15) is 24.2 Å². The molecule has 1 unspecified atom stereocenters. The van der Waals surface area contributed by atoms with Crippen molar-refractivity contribution in [1.29, 1.82) is 0 Å². The number of hydrogen-bond donors (Lipinski definition) is 1. The highest BCUT2D eigenvalue weighted by Crippen LogP contribution is 2.27. The molecule has 1 saturated heterocycles. The molecule has 1 aliphatic heterocycles. The number of aliphatic hydroxyl groups is 1. The standard InChI is InChI=1S/C20H26N2O3/c1-3-25-19-13-17-7-5-4-6-16(17)12-18(19)20(24)22-10-8-21(9-11-22)14-15(2)23/h4-7,12-13,15,23H,3,8-11,14H2,1-2H3. The van der Waals surface area contributed by atoms with Gasteiger partial charge in [-0.05, 0) is 36.8 Å². The zero-order chi connectivity index (χ0) is 17.8. The topological polar surface area (TPSA) is 53.0 Å². The second-order valence-electron chi connectivity index (χ2n) is 6.57. The molecule has 1 aliphatic rings. The first-order valence-corrected chi connectivity index (χ1v) is 8.93. The lowest BCUT2D eigenvalue weighted by Gasteiger charge is -2.35. The number of amides is 1. The van der Waals surface area contributed by atoms with Crippen molar-refractivity contribution in [1.82, 2.24) is 9.80 Å². The monoisotopic (exact) mass is 342 g/mol. The molecule has 3 rings (SSSR count). The number of carbonyl (C=O) groups excluding carboxylic acids is 1. The van der Waals surface area contributed by atoms with E-state index in [0.717, 1.165) is 23.9 Å². The van der Waals surface area contributed by atoms with Crippen LogP contribution in [0.4, 0.5) is 0 Å². The van der Waals surface area contributed by atoms with Crippen LogP contribution in [-0.2, 0) is 0 Å². The number of rotatable bonds is 5. The summed E-state index contributed by atoms with van der Waals surface area (Å²) in [5.74, 6) is 0.670. The summed E-state index contributed by atoms with van der Waals surface area (Å²) in [4.78, 5) is 17.1. The van der Waals surface area contributed by atoms with Gasteiger partial charge in [-0.2, -0.15) is 0 Å². The van der Waals surface area contributed by atoms with Crippen LogP contribution < -0.4 is 4.74 Å². The third-order valence-corrected chi connectivity index (χ3v) is 4.56. The number of benzene rings is 2. The Bertz CT molecular complexity index is 737. The Morgan fingerprint density at radius 1 is 1.16 bits per heavy atom. The lowest BCUT2D eigenvalue weighted by Crippen LogP contribution is -2.50. The largest absolute Gasteiger partial charge is 0.493 e. The molecule has 5 heteroatoms. The normalized spacial score (nSPS) is 16.8. The van der Waals surface area contributed by atoms with Gasteiger partial charge in [0, 0.05) is 32.7 Å². The quantitative estimate of drug-likeness (QED) is 0.906. The van der Waals surface area contributed by atoms with E-state index in [9.17, 15) is 9.90 Å². The average molecular weight is 342 g/mol. The van der Waals surface area contributed by atoms with Crippen molar-refractivity contribution in [2.45, 2.75) is 20.0 Å². The molecule has 25 heavy (non-hydrogen) atoms. The molecule has 1 amide bonds. The summed E-state index contributed by atoms with van der Waals surface area (Å²) in [6.07, 6.45) is -0.340. The van der Waals surface area contributed by atoms with Crippen LogP contribution in [0.25, 0.3) is 10.8 Å². The molecule has 0 aliphatic carbocycles. The summed E-state index contributed by atoms with van der Waals surface area (Å²) >= 11 is 0. The van der Waals surface area contributed by atoms with Gasteiger partial charge in [0.05, 0.1) is 18.3 Å². The van der Waals surface area contributed by atoms with Gasteiger partial charge in [0.2, 0.25) is 0 Å². The molecule has 0 aromatic heterocycles. The molecule has 1 N–H and O–H groups in total. The smallest absolute Gasteiger partial charge is 0.257 e. The Morgan fingerprint density at radius 3 is 2.40 bits per heavy atom. The summed E-state index contributed by atoms with van der Waals surface area (Å²) in [6, 6.07) is 11.9. The maximum Gasteiger partial charge on any atom is 0.257 e. The first-order valence-electron chi connectivity index (χ1n) is 8.93. The number of nitrogens with zero attached hydrogens (tertiary/aromatic N) is 2. The van der Waals surface area contributed by atoms with Crippen molar-refractivity contribution in [2.24, 2.45) is 0 Å². The number of hydrogen-bond acceptors (Lipinski definition) is 4. The fraction of sp³-hybridized carbons (Fsp3) is 0.450. The number of carbonyl (C=O) groups is 1. The number of β-amino-alcohol motifs (C(OH)–C–C–N with tert-alkyl or cyclic N) is 1. The van der Waals surface area contributed by atoms with Crippen LogP contribution in [0.3, 0.4) is 0 Å². The van der Waals surface area contributed by atoms with Gasteiger partial charge >= 0.3 is 0 Å². The van der Waals surface area contributed by atoms with Crippen LogP contribution in [0.5, 0.6) is 5.75 Å². The number of ether oxygens (including phenoxy) is 1. The van der Waals surface area contributed by atoms with Gasteiger partial charge in [-0.3, -0.25) is 9.69 Å². The van der Waals surface area contributed by atoms with Crippen molar-refractivity contribution in [3.05, 3.63) is 42.0 Å². The summed E-state index contributed by atoms with van der Waals surface area (Å²) in [6.45, 7) is 7.82. The molecule has 1 fully saturated rings. The minimum absolute atomic E-state index is 0.0194. The molecule has 1 atom stereocenters. The molecule has 5 nitrogen and oxygen atoms in total. The lowest BCUT2D eigenvalue weighted by molar-refractivity contribution is 0.0551. The zero-order valence-electron chi connectivity index (χ0n) is 14.9. The second kappa shape index (κ2) is 7.85. The zero-order valence-corrected chi connectivity index (χ0v) is 14.9. The Hall–Kier alpha value is -2.11. The van der Waals surface area contributed by atoms with Crippen molar-refractivity contribution in [2.75, 3.05) is 39.3 Å². The lowest BCUT2D eigenvalue weighted by atomic mass is 10.0. The average Bonchev–Trinajstić information content (AvgIpc) is 2.61. The third-order valence-electron chi connectivity index (χ3n) is 4.56. The minimum Gasteiger partial charge on any atom is -0.493 e. The number of piperazine rings is 1. The number of fused-ring (bicyclic) bond motifs is 1. The van der Waals surface area contributed by atoms with Crippen LogP contribution in [0, 0.1) is 0 Å². The first-order chi connectivity index (χ1) is 12.1. The Balaban J connectivity index is 1.80. The summed E-state index contributed by atoms with van der Waals surface area (Å²) < 4.78 is 5.74. The summed E-state index contributed by atoms with van der Waals surface area (Å²) in [7, 11) is 0. The van der Waals surface area contributed by atoms with E-state index in [1.54, 1.807) is 6.92 Å². The maximum atomic E-state index is 13.0. The van der Waals surface area contributed by atoms with Gasteiger partial charge < -0.3 is 14.7 Å². The van der Waals surface area contributed by atoms with E-state index in [0.29, 0.717) is 37.6 Å². The van der Waals surface area contributed by atoms with E-state index in [1.807, 2.05) is 48.2 Å². The van der Waals surface area contributed by atoms with Crippen LogP contribution >= 0.6 is 0 Å². The van der Waals surface area contributed by atoms with Crippen molar-refractivity contribution in [3.8, 4) is 5.75 Å². The third kappa shape index (κ3) is 4.11. The van der Waals surface area contributed by atoms with E-state index in [2.05, 4.69) is 4.90 Å². The van der Waals surface area contributed by atoms with Gasteiger partial charge in [0.1, 0.15) is 5.75 Å². The fourth-order valence-electron chi connectivity index (χ4n) is 3.34. The predicted octanol–water partition coefficient (Wildman–Crippen LogP) is 2.38. The van der Waals surface area contributed by atoms with Crippen LogP contribution in [0.2, 0.25) is 0 Å². The SMILES string of the molecule is CCOc1cc2ccccc2cc1C(=O)N1CCN(CC(C)O)CC1. The Kier molecular flexibility index (Phi) is 5.56. The van der Waals surface area contributed by atoms with Crippen molar-refractivity contribution in [3.63, 3.8) is 0 Å². The van der Waals surface area contributed by atoms with Crippen LogP contribution in [-0.4, -0.2) is 66.2 Å². The van der Waals surface area contributed by atoms with E-state index in [4.69, 9.17) is 4.74 Å². The Morgan fingerprint density at radius 2 is 1.80 bits per heavy atom. The highest BCUT2D eigenvalue weighted by Gasteiger charge is 2.25. The van der Waals surface area contributed by atoms with Gasteiger partial charge in [-0.15, -0.1) is 0 Å². The Labute approximate surface area is 148 Å². The van der Waals surface area contributed by atoms with E-state index < -0.39 is 0 Å². The second-order valence-corrected chi connectivity index (χ2v) is 6.57. The molecule has 134 valence electrons. The van der Waals surface area contributed by atoms with Gasteiger partial charge in [-0.1, -0.05) is 24.3 Å². The highest BCUT2D eigenvalue weighted by molar-refractivity contribution is 6.01. The molecule has 0 radical (unpaired) electrons. The van der Waals surface area contributed by atoms with Crippen LogP contribution in [0.15, 0.2) is 36.4 Å². The molecule has 2 aromatic carbocycles. The van der Waals surface area contributed by atoms with Gasteiger partial charge in [-0.25, -0.2) is 0 Å². The number of aliphatic hydroxyl groups excluding tert-OH is 1. The molecule has 0 bridgehead atoms. The molecule has 2 aromatic rings. The highest BCUT2D eigenvalue weighted by atomic mass is 16.5. The predicted molar refractivity (Wildman–Crippen MR) is 99.1 cm³/mol. The van der Waals surface area contributed by atoms with Crippen molar-refractivity contribution < 1.29 is 14.6 Å². The van der Waals surface area contributed by atoms with E-state index in [-0.39, 0.29) is 12.0 Å². The summed E-state index contributed by atoms with van der Waals surface area (Å²) in [5, 5.41) is 11.6. The van der Waals surface area contributed by atoms with Crippen molar-refractivity contribution >= 4 is 16.7 Å². The van der Waals surface area contributed by atoms with E-state index >= 15 is 0 Å². The molecular formula is C20H26N2O3. The first kappa shape index (κ1) is 17.7. The minimum atomic E-state index is -0.340. The van der Waals surface area contributed by atoms with Gasteiger partial charge in [0.15, 0.2) is 0 Å².